The molecule has 27 heavy (non-hydrogen) atoms. The van der Waals surface area contributed by atoms with Crippen LogP contribution in [0.25, 0.3) is 0 Å². The summed E-state index contributed by atoms with van der Waals surface area (Å²) in [6, 6.07) is 12.1. The zero-order chi connectivity index (χ0) is 18.6. The van der Waals surface area contributed by atoms with Crippen LogP contribution in [0.4, 0.5) is 0 Å². The van der Waals surface area contributed by atoms with Crippen molar-refractivity contribution in [1.29, 1.82) is 0 Å². The summed E-state index contributed by atoms with van der Waals surface area (Å²) in [7, 11) is 0. The van der Waals surface area contributed by atoms with Gasteiger partial charge in [0.25, 0.3) is 0 Å². The number of hydrogen-bond donors (Lipinski definition) is 0. The summed E-state index contributed by atoms with van der Waals surface area (Å²) >= 11 is 0. The molecule has 2 amide bonds. The molecule has 3 heterocycles. The lowest BCUT2D eigenvalue weighted by Gasteiger charge is -2.33. The molecule has 0 spiro atoms. The van der Waals surface area contributed by atoms with Gasteiger partial charge in [0.15, 0.2) is 0 Å². The summed E-state index contributed by atoms with van der Waals surface area (Å²) in [6.07, 6.45) is 6.27. The van der Waals surface area contributed by atoms with Crippen molar-refractivity contribution in [3.05, 3.63) is 54.4 Å². The van der Waals surface area contributed by atoms with Gasteiger partial charge in [0.1, 0.15) is 0 Å². The molecule has 142 valence electrons. The second kappa shape index (κ2) is 7.94. The minimum atomic E-state index is 0.0783. The maximum atomic E-state index is 12.7. The first kappa shape index (κ1) is 17.8. The van der Waals surface area contributed by atoms with Gasteiger partial charge < -0.3 is 9.80 Å². The second-order valence-corrected chi connectivity index (χ2v) is 7.64. The van der Waals surface area contributed by atoms with Crippen molar-refractivity contribution in [2.24, 2.45) is 5.92 Å². The van der Waals surface area contributed by atoms with E-state index in [0.717, 1.165) is 32.5 Å². The smallest absolute Gasteiger partial charge is 0.242 e. The van der Waals surface area contributed by atoms with Gasteiger partial charge >= 0.3 is 0 Å². The number of benzene rings is 1. The molecule has 1 aromatic carbocycles. The molecule has 2 aliphatic heterocycles. The lowest BCUT2D eigenvalue weighted by molar-refractivity contribution is -0.139. The third-order valence-corrected chi connectivity index (χ3v) is 5.78. The number of piperidine rings is 1. The molecule has 2 aliphatic rings. The number of amides is 2. The van der Waals surface area contributed by atoms with Gasteiger partial charge in [-0.15, -0.1) is 0 Å². The van der Waals surface area contributed by atoms with Crippen LogP contribution in [0.1, 0.15) is 30.7 Å². The van der Waals surface area contributed by atoms with Gasteiger partial charge in [0.2, 0.25) is 11.8 Å². The largest absolute Gasteiger partial charge is 0.341 e. The van der Waals surface area contributed by atoms with Gasteiger partial charge in [-0.1, -0.05) is 30.3 Å². The molecular weight excluding hydrogens is 340 g/mol. The molecule has 0 bridgehead atoms. The third-order valence-electron chi connectivity index (χ3n) is 5.78. The molecule has 2 aromatic rings. The van der Waals surface area contributed by atoms with Crippen LogP contribution in [0.15, 0.2) is 48.8 Å². The Morgan fingerprint density at radius 3 is 2.59 bits per heavy atom. The van der Waals surface area contributed by atoms with Crippen LogP contribution < -0.4 is 0 Å². The molecule has 0 saturated carbocycles. The molecule has 2 saturated heterocycles. The molecule has 2 fully saturated rings. The fraction of sp³-hybridized carbons (Fsp3) is 0.476. The van der Waals surface area contributed by atoms with Crippen molar-refractivity contribution in [2.45, 2.75) is 31.7 Å². The Morgan fingerprint density at radius 2 is 1.89 bits per heavy atom. The van der Waals surface area contributed by atoms with E-state index < -0.39 is 0 Å². The molecule has 6 heteroatoms. The number of nitrogens with zero attached hydrogens (tertiary/aromatic N) is 4. The SMILES string of the molecule is O=C(CN1CC(c2ccccc2)CC1=O)N1CCC(Cn2cccn2)CC1. The summed E-state index contributed by atoms with van der Waals surface area (Å²) in [5.74, 6) is 0.927. The molecule has 0 radical (unpaired) electrons. The molecule has 0 aliphatic carbocycles. The Bertz CT molecular complexity index is 767. The second-order valence-electron chi connectivity index (χ2n) is 7.64. The van der Waals surface area contributed by atoms with Crippen molar-refractivity contribution >= 4 is 11.8 Å². The van der Waals surface area contributed by atoms with E-state index >= 15 is 0 Å². The maximum absolute atomic E-state index is 12.7. The number of aromatic nitrogens is 2. The normalized spacial score (nSPS) is 21.0. The molecule has 1 unspecified atom stereocenters. The van der Waals surface area contributed by atoms with E-state index in [1.807, 2.05) is 40.0 Å². The van der Waals surface area contributed by atoms with Gasteiger partial charge in [-0.3, -0.25) is 14.3 Å². The Labute approximate surface area is 159 Å². The average molecular weight is 366 g/mol. The highest BCUT2D eigenvalue weighted by Crippen LogP contribution is 2.28. The Morgan fingerprint density at radius 1 is 1.11 bits per heavy atom. The van der Waals surface area contributed by atoms with Crippen molar-refractivity contribution < 1.29 is 9.59 Å². The molecule has 0 N–H and O–H groups in total. The topological polar surface area (TPSA) is 58.4 Å². The summed E-state index contributed by atoms with van der Waals surface area (Å²) in [4.78, 5) is 28.7. The van der Waals surface area contributed by atoms with Crippen LogP contribution >= 0.6 is 0 Å². The highest BCUT2D eigenvalue weighted by molar-refractivity contribution is 5.86. The Kier molecular flexibility index (Phi) is 5.23. The van der Waals surface area contributed by atoms with Crippen LogP contribution in [0, 0.1) is 5.92 Å². The predicted molar refractivity (Wildman–Crippen MR) is 102 cm³/mol. The molecule has 4 rings (SSSR count). The number of carbonyl (C=O) groups is 2. The fourth-order valence-corrected chi connectivity index (χ4v) is 4.17. The molecule has 6 nitrogen and oxygen atoms in total. The number of rotatable bonds is 5. The Hall–Kier alpha value is -2.63. The van der Waals surface area contributed by atoms with Gasteiger partial charge in [-0.25, -0.2) is 0 Å². The van der Waals surface area contributed by atoms with Crippen LogP contribution in [0.5, 0.6) is 0 Å². The summed E-state index contributed by atoms with van der Waals surface area (Å²) in [5.41, 5.74) is 1.18. The number of hydrogen-bond acceptors (Lipinski definition) is 3. The zero-order valence-electron chi connectivity index (χ0n) is 15.5. The third kappa shape index (κ3) is 4.21. The highest BCUT2D eigenvalue weighted by Gasteiger charge is 2.33. The van der Waals surface area contributed by atoms with Gasteiger partial charge in [-0.05, 0) is 30.4 Å². The molecule has 1 aromatic heterocycles. The maximum Gasteiger partial charge on any atom is 0.242 e. The first-order valence-electron chi connectivity index (χ1n) is 9.77. The van der Waals surface area contributed by atoms with Crippen molar-refractivity contribution in [3.63, 3.8) is 0 Å². The number of carbonyl (C=O) groups excluding carboxylic acids is 2. The van der Waals surface area contributed by atoms with Crippen molar-refractivity contribution in [3.8, 4) is 0 Å². The predicted octanol–water partition coefficient (Wildman–Crippen LogP) is 2.14. The zero-order valence-corrected chi connectivity index (χ0v) is 15.5. The summed E-state index contributed by atoms with van der Waals surface area (Å²) in [5, 5.41) is 4.27. The summed E-state index contributed by atoms with van der Waals surface area (Å²) < 4.78 is 1.97. The first-order chi connectivity index (χ1) is 13.2. The average Bonchev–Trinajstić information content (AvgIpc) is 3.33. The van der Waals surface area contributed by atoms with Gasteiger partial charge in [0, 0.05) is 50.9 Å². The molecule has 1 atom stereocenters. The fourth-order valence-electron chi connectivity index (χ4n) is 4.17. The van der Waals surface area contributed by atoms with Crippen molar-refractivity contribution in [1.82, 2.24) is 19.6 Å². The quantitative estimate of drug-likeness (QED) is 0.815. The van der Waals surface area contributed by atoms with Gasteiger partial charge in [0.05, 0.1) is 6.54 Å². The first-order valence-corrected chi connectivity index (χ1v) is 9.77. The minimum absolute atomic E-state index is 0.0783. The van der Waals surface area contributed by atoms with Crippen molar-refractivity contribution in [2.75, 3.05) is 26.2 Å². The van der Waals surface area contributed by atoms with Crippen LogP contribution in [0.3, 0.4) is 0 Å². The van der Waals surface area contributed by atoms with E-state index in [9.17, 15) is 9.59 Å². The minimum Gasteiger partial charge on any atom is -0.341 e. The van der Waals surface area contributed by atoms with E-state index in [-0.39, 0.29) is 24.3 Å². The van der Waals surface area contributed by atoms with E-state index in [1.54, 1.807) is 11.1 Å². The summed E-state index contributed by atoms with van der Waals surface area (Å²) in [6.45, 7) is 3.32. The number of likely N-dealkylation sites (tertiary alicyclic amines) is 2. The Balaban J connectivity index is 1.26. The highest BCUT2D eigenvalue weighted by atomic mass is 16.2. The van der Waals surface area contributed by atoms with Gasteiger partial charge in [-0.2, -0.15) is 5.10 Å². The van der Waals surface area contributed by atoms with Crippen LogP contribution in [0.2, 0.25) is 0 Å². The standard InChI is InChI=1S/C21H26N4O2/c26-20-13-19(18-5-2-1-3-6-18)15-24(20)16-21(27)23-11-7-17(8-12-23)14-25-10-4-9-22-25/h1-6,9-10,17,19H,7-8,11-16H2. The lowest BCUT2D eigenvalue weighted by Crippen LogP contribution is -2.45. The van der Waals surface area contributed by atoms with E-state index in [4.69, 9.17) is 0 Å². The van der Waals surface area contributed by atoms with Crippen LogP contribution in [-0.2, 0) is 16.1 Å². The molecular formula is C21H26N4O2. The monoisotopic (exact) mass is 366 g/mol. The van der Waals surface area contributed by atoms with Crippen LogP contribution in [-0.4, -0.2) is 57.6 Å². The van der Waals surface area contributed by atoms with E-state index in [2.05, 4.69) is 17.2 Å². The lowest BCUT2D eigenvalue weighted by atomic mass is 9.97. The van der Waals surface area contributed by atoms with E-state index in [0.29, 0.717) is 18.9 Å². The van der Waals surface area contributed by atoms with E-state index in [1.165, 1.54) is 5.56 Å².